The van der Waals surface area contributed by atoms with Gasteiger partial charge >= 0.3 is 0 Å². The molecule has 7 nitrogen and oxygen atoms in total. The molecule has 0 saturated heterocycles. The van der Waals surface area contributed by atoms with Crippen molar-refractivity contribution in [3.05, 3.63) is 72.6 Å². The maximum absolute atomic E-state index is 5.75. The summed E-state index contributed by atoms with van der Waals surface area (Å²) in [4.78, 5) is 13.5. The second kappa shape index (κ2) is 7.32. The van der Waals surface area contributed by atoms with Crippen LogP contribution in [0.1, 0.15) is 5.56 Å². The molecule has 0 bridgehead atoms. The predicted molar refractivity (Wildman–Crippen MR) is 113 cm³/mol. The number of pyridine rings is 1. The van der Waals surface area contributed by atoms with E-state index in [4.69, 9.17) is 16.6 Å². The standard InChI is InChI=1S/C21H19N7/c1-24-21-17-11-15(13-4-6-14(7-5-13)19(22)28-23)8-9-18(17)26-20(27-21)16-3-2-10-25-12-16/h2-12H,23H2,1H3,(H2,22,28)(H,24,26,27). The van der Waals surface area contributed by atoms with E-state index in [-0.39, 0.29) is 0 Å². The average Bonchev–Trinajstić information content (AvgIpc) is 2.78. The Morgan fingerprint density at radius 1 is 0.964 bits per heavy atom. The highest BCUT2D eigenvalue weighted by molar-refractivity contribution is 5.98. The molecule has 138 valence electrons. The van der Waals surface area contributed by atoms with Crippen LogP contribution in [0.5, 0.6) is 0 Å². The molecule has 4 rings (SSSR count). The number of nitrogens with one attached hydrogen (secondary N) is 1. The van der Waals surface area contributed by atoms with Gasteiger partial charge in [-0.1, -0.05) is 30.3 Å². The van der Waals surface area contributed by atoms with Crippen LogP contribution < -0.4 is 16.9 Å². The average molecular weight is 369 g/mol. The van der Waals surface area contributed by atoms with Gasteiger partial charge in [0.1, 0.15) is 11.7 Å². The van der Waals surface area contributed by atoms with Crippen LogP contribution in [0, 0.1) is 0 Å². The molecule has 5 N–H and O–H groups in total. The number of benzene rings is 2. The lowest BCUT2D eigenvalue weighted by Crippen LogP contribution is -2.15. The molecule has 0 amide bonds. The lowest BCUT2D eigenvalue weighted by molar-refractivity contribution is 1.20. The van der Waals surface area contributed by atoms with Gasteiger partial charge in [-0.2, -0.15) is 5.10 Å². The summed E-state index contributed by atoms with van der Waals surface area (Å²) < 4.78 is 0. The SMILES string of the molecule is CNc1nc(-c2cccnc2)nc2ccc(-c3ccc(/C(N)=N/N)cc3)cc12. The fourth-order valence-corrected chi connectivity index (χ4v) is 3.03. The van der Waals surface area contributed by atoms with Crippen LogP contribution >= 0.6 is 0 Å². The van der Waals surface area contributed by atoms with E-state index in [1.54, 1.807) is 12.4 Å². The summed E-state index contributed by atoms with van der Waals surface area (Å²) in [6, 6.07) is 17.7. The first-order valence-corrected chi connectivity index (χ1v) is 8.73. The molecule has 0 aliphatic heterocycles. The molecule has 0 fully saturated rings. The predicted octanol–water partition coefficient (Wildman–Crippen LogP) is 2.98. The minimum Gasteiger partial charge on any atom is -0.382 e. The topological polar surface area (TPSA) is 115 Å². The van der Waals surface area contributed by atoms with Crippen molar-refractivity contribution < 1.29 is 0 Å². The number of aromatic nitrogens is 3. The summed E-state index contributed by atoms with van der Waals surface area (Å²) in [6.07, 6.45) is 3.49. The Morgan fingerprint density at radius 2 is 1.75 bits per heavy atom. The van der Waals surface area contributed by atoms with Crippen LogP contribution in [-0.2, 0) is 0 Å². The Kier molecular flexibility index (Phi) is 4.55. The highest BCUT2D eigenvalue weighted by Crippen LogP contribution is 2.29. The summed E-state index contributed by atoms with van der Waals surface area (Å²) >= 11 is 0. The summed E-state index contributed by atoms with van der Waals surface area (Å²) in [7, 11) is 1.85. The molecule has 0 spiro atoms. The Balaban J connectivity index is 1.79. The number of fused-ring (bicyclic) bond motifs is 1. The van der Waals surface area contributed by atoms with Gasteiger partial charge in [-0.05, 0) is 35.4 Å². The van der Waals surface area contributed by atoms with E-state index in [0.29, 0.717) is 11.7 Å². The molecular formula is C21H19N7. The number of rotatable bonds is 4. The molecule has 2 aromatic carbocycles. The first-order chi connectivity index (χ1) is 13.7. The van der Waals surface area contributed by atoms with Crippen LogP contribution in [0.25, 0.3) is 33.4 Å². The second-order valence-electron chi connectivity index (χ2n) is 6.21. The first-order valence-electron chi connectivity index (χ1n) is 8.73. The van der Waals surface area contributed by atoms with Crippen molar-refractivity contribution in [2.45, 2.75) is 0 Å². The monoisotopic (exact) mass is 369 g/mol. The number of nitrogens with zero attached hydrogens (tertiary/aromatic N) is 4. The minimum atomic E-state index is 0.305. The van der Waals surface area contributed by atoms with Gasteiger partial charge in [-0.15, -0.1) is 0 Å². The lowest BCUT2D eigenvalue weighted by atomic mass is 10.0. The fraction of sp³-hybridized carbons (Fsp3) is 0.0476. The summed E-state index contributed by atoms with van der Waals surface area (Å²) in [5, 5.41) is 7.64. The Hall–Kier alpha value is -4.00. The number of amidine groups is 1. The van der Waals surface area contributed by atoms with Crippen LogP contribution in [0.15, 0.2) is 72.1 Å². The molecule has 4 aromatic rings. The molecule has 0 radical (unpaired) electrons. The van der Waals surface area contributed by atoms with Gasteiger partial charge in [0, 0.05) is 36.0 Å². The number of anilines is 1. The molecular weight excluding hydrogens is 350 g/mol. The molecule has 2 heterocycles. The molecule has 28 heavy (non-hydrogen) atoms. The third kappa shape index (κ3) is 3.21. The van der Waals surface area contributed by atoms with E-state index in [1.807, 2.05) is 55.6 Å². The highest BCUT2D eigenvalue weighted by atomic mass is 15.2. The zero-order chi connectivity index (χ0) is 19.5. The van der Waals surface area contributed by atoms with E-state index in [9.17, 15) is 0 Å². The number of hydrogen-bond acceptors (Lipinski definition) is 6. The van der Waals surface area contributed by atoms with Crippen LogP contribution in [0.3, 0.4) is 0 Å². The van der Waals surface area contributed by atoms with Crippen molar-refractivity contribution in [2.75, 3.05) is 12.4 Å². The van der Waals surface area contributed by atoms with Crippen molar-refractivity contribution in [1.29, 1.82) is 0 Å². The molecule has 0 atom stereocenters. The first kappa shape index (κ1) is 17.4. The Bertz CT molecular complexity index is 1150. The van der Waals surface area contributed by atoms with Gasteiger partial charge < -0.3 is 16.9 Å². The smallest absolute Gasteiger partial charge is 0.163 e. The van der Waals surface area contributed by atoms with Gasteiger partial charge in [0.05, 0.1) is 5.52 Å². The quantitative estimate of drug-likeness (QED) is 0.220. The number of hydrazone groups is 1. The van der Waals surface area contributed by atoms with Gasteiger partial charge in [0.2, 0.25) is 0 Å². The summed E-state index contributed by atoms with van der Waals surface area (Å²) in [6.45, 7) is 0. The van der Waals surface area contributed by atoms with Crippen molar-refractivity contribution >= 4 is 22.6 Å². The number of nitrogens with two attached hydrogens (primary N) is 2. The van der Waals surface area contributed by atoms with E-state index in [1.165, 1.54) is 0 Å². The van der Waals surface area contributed by atoms with Crippen molar-refractivity contribution in [3.8, 4) is 22.5 Å². The zero-order valence-corrected chi connectivity index (χ0v) is 15.3. The number of hydrogen-bond donors (Lipinski definition) is 3. The zero-order valence-electron chi connectivity index (χ0n) is 15.3. The molecule has 7 heteroatoms. The normalized spacial score (nSPS) is 11.5. The Morgan fingerprint density at radius 3 is 2.43 bits per heavy atom. The largest absolute Gasteiger partial charge is 0.382 e. The van der Waals surface area contributed by atoms with Crippen molar-refractivity contribution in [1.82, 2.24) is 15.0 Å². The van der Waals surface area contributed by atoms with E-state index < -0.39 is 0 Å². The van der Waals surface area contributed by atoms with Crippen molar-refractivity contribution in [3.63, 3.8) is 0 Å². The molecule has 0 saturated carbocycles. The van der Waals surface area contributed by atoms with Crippen LogP contribution in [0.4, 0.5) is 5.82 Å². The third-order valence-electron chi connectivity index (χ3n) is 4.51. The van der Waals surface area contributed by atoms with Gasteiger partial charge in [-0.25, -0.2) is 9.97 Å². The maximum Gasteiger partial charge on any atom is 0.163 e. The summed E-state index contributed by atoms with van der Waals surface area (Å²) in [5.41, 5.74) is 10.4. The van der Waals surface area contributed by atoms with E-state index in [0.717, 1.165) is 39.0 Å². The highest BCUT2D eigenvalue weighted by Gasteiger charge is 2.10. The molecule has 0 aliphatic carbocycles. The molecule has 2 aromatic heterocycles. The summed E-state index contributed by atoms with van der Waals surface area (Å²) in [5.74, 6) is 6.95. The van der Waals surface area contributed by atoms with Gasteiger partial charge in [-0.3, -0.25) is 4.98 Å². The molecule has 0 unspecified atom stereocenters. The van der Waals surface area contributed by atoms with E-state index in [2.05, 4.69) is 26.5 Å². The second-order valence-corrected chi connectivity index (χ2v) is 6.21. The van der Waals surface area contributed by atoms with E-state index >= 15 is 0 Å². The molecule has 0 aliphatic rings. The lowest BCUT2D eigenvalue weighted by Gasteiger charge is -2.10. The minimum absolute atomic E-state index is 0.305. The van der Waals surface area contributed by atoms with Gasteiger partial charge in [0.25, 0.3) is 0 Å². The van der Waals surface area contributed by atoms with Crippen LogP contribution in [0.2, 0.25) is 0 Å². The maximum atomic E-state index is 5.75. The fourth-order valence-electron chi connectivity index (χ4n) is 3.03. The van der Waals surface area contributed by atoms with Gasteiger partial charge in [0.15, 0.2) is 5.82 Å². The van der Waals surface area contributed by atoms with Crippen LogP contribution in [-0.4, -0.2) is 27.8 Å². The van der Waals surface area contributed by atoms with Crippen molar-refractivity contribution in [2.24, 2.45) is 16.7 Å². The Labute approximate surface area is 162 Å². The third-order valence-corrected chi connectivity index (χ3v) is 4.51.